The Bertz CT molecular complexity index is 1130. The van der Waals surface area contributed by atoms with Crippen LogP contribution in [0.15, 0.2) is 71.8 Å². The molecule has 25 heavy (non-hydrogen) atoms. The summed E-state index contributed by atoms with van der Waals surface area (Å²) in [4.78, 5) is 17.0. The van der Waals surface area contributed by atoms with Crippen molar-refractivity contribution in [2.45, 2.75) is 13.8 Å². The Labute approximate surface area is 145 Å². The number of fused-ring (bicyclic) bond motifs is 1. The van der Waals surface area contributed by atoms with Crippen LogP contribution in [0.5, 0.6) is 0 Å². The molecular weight excluding hydrogens is 310 g/mol. The summed E-state index contributed by atoms with van der Waals surface area (Å²) < 4.78 is 1.33. The number of nitrogens with zero attached hydrogens (tertiary/aromatic N) is 3. The predicted octanol–water partition coefficient (Wildman–Crippen LogP) is 4.06. The van der Waals surface area contributed by atoms with Gasteiger partial charge in [-0.2, -0.15) is 9.78 Å². The lowest BCUT2D eigenvalue weighted by atomic mass is 9.97. The van der Waals surface area contributed by atoms with Gasteiger partial charge in [-0.05, 0) is 54.8 Å². The Hall–Kier alpha value is -3.27. The number of benzene rings is 2. The van der Waals surface area contributed by atoms with Crippen LogP contribution in [0.4, 0.5) is 0 Å². The van der Waals surface area contributed by atoms with Crippen molar-refractivity contribution in [3.05, 3.63) is 88.5 Å². The van der Waals surface area contributed by atoms with Crippen molar-refractivity contribution in [3.63, 3.8) is 0 Å². The molecule has 2 aromatic heterocycles. The SMILES string of the molecule is Cc1ccc(-c2ccc3c(=O)n(-c4ccccn4)ncc3c2)c(C)c1. The van der Waals surface area contributed by atoms with Crippen LogP contribution < -0.4 is 5.56 Å². The smallest absolute Gasteiger partial charge is 0.267 e. The fourth-order valence-corrected chi connectivity index (χ4v) is 3.10. The number of aromatic nitrogens is 3. The molecule has 4 rings (SSSR count). The fraction of sp³-hybridized carbons (Fsp3) is 0.0952. The minimum absolute atomic E-state index is 0.164. The highest BCUT2D eigenvalue weighted by Crippen LogP contribution is 2.26. The molecule has 0 aliphatic carbocycles. The molecule has 4 nitrogen and oxygen atoms in total. The lowest BCUT2D eigenvalue weighted by Gasteiger charge is -2.09. The normalized spacial score (nSPS) is 11.0. The van der Waals surface area contributed by atoms with Crippen molar-refractivity contribution in [3.8, 4) is 16.9 Å². The molecule has 4 aromatic rings. The monoisotopic (exact) mass is 327 g/mol. The van der Waals surface area contributed by atoms with Gasteiger partial charge in [-0.3, -0.25) is 4.79 Å². The second-order valence-corrected chi connectivity index (χ2v) is 6.17. The van der Waals surface area contributed by atoms with Crippen LogP contribution in [0.25, 0.3) is 27.7 Å². The van der Waals surface area contributed by atoms with E-state index in [0.29, 0.717) is 11.2 Å². The highest BCUT2D eigenvalue weighted by atomic mass is 16.1. The van der Waals surface area contributed by atoms with Crippen molar-refractivity contribution in [1.29, 1.82) is 0 Å². The third-order valence-electron chi connectivity index (χ3n) is 4.35. The summed E-state index contributed by atoms with van der Waals surface area (Å²) in [6.45, 7) is 4.19. The second kappa shape index (κ2) is 5.98. The van der Waals surface area contributed by atoms with Gasteiger partial charge in [-0.1, -0.05) is 35.9 Å². The molecule has 0 spiro atoms. The van der Waals surface area contributed by atoms with Crippen LogP contribution in [0, 0.1) is 13.8 Å². The highest BCUT2D eigenvalue weighted by Gasteiger charge is 2.09. The molecule has 0 atom stereocenters. The first-order valence-corrected chi connectivity index (χ1v) is 8.14. The average molecular weight is 327 g/mol. The molecule has 0 saturated heterocycles. The van der Waals surface area contributed by atoms with Crippen LogP contribution in [0.3, 0.4) is 0 Å². The second-order valence-electron chi connectivity index (χ2n) is 6.17. The fourth-order valence-electron chi connectivity index (χ4n) is 3.10. The molecular formula is C21H17N3O. The molecule has 0 aliphatic rings. The number of pyridine rings is 1. The Morgan fingerprint density at radius 1 is 0.960 bits per heavy atom. The Morgan fingerprint density at radius 3 is 2.60 bits per heavy atom. The molecule has 122 valence electrons. The van der Waals surface area contributed by atoms with E-state index in [1.165, 1.54) is 21.4 Å². The highest BCUT2D eigenvalue weighted by molar-refractivity contribution is 5.86. The molecule has 0 unspecified atom stereocenters. The van der Waals surface area contributed by atoms with Gasteiger partial charge in [0.1, 0.15) is 0 Å². The minimum atomic E-state index is -0.164. The molecule has 2 heterocycles. The number of hydrogen-bond donors (Lipinski definition) is 0. The summed E-state index contributed by atoms with van der Waals surface area (Å²) in [6.07, 6.45) is 3.37. The molecule has 0 bridgehead atoms. The zero-order valence-corrected chi connectivity index (χ0v) is 14.1. The Morgan fingerprint density at radius 2 is 1.84 bits per heavy atom. The van der Waals surface area contributed by atoms with Gasteiger partial charge in [0.05, 0.1) is 11.6 Å². The van der Waals surface area contributed by atoms with E-state index >= 15 is 0 Å². The molecule has 0 amide bonds. The first-order chi connectivity index (χ1) is 12.1. The molecule has 4 heteroatoms. The lowest BCUT2D eigenvalue weighted by Crippen LogP contribution is -2.21. The van der Waals surface area contributed by atoms with E-state index in [0.717, 1.165) is 10.9 Å². The molecule has 0 aliphatic heterocycles. The first-order valence-electron chi connectivity index (χ1n) is 8.14. The molecule has 0 saturated carbocycles. The van der Waals surface area contributed by atoms with Crippen molar-refractivity contribution >= 4 is 10.8 Å². The van der Waals surface area contributed by atoms with Gasteiger partial charge in [0.2, 0.25) is 0 Å². The van der Waals surface area contributed by atoms with Gasteiger partial charge >= 0.3 is 0 Å². The van der Waals surface area contributed by atoms with Crippen LogP contribution in [0.1, 0.15) is 11.1 Å². The largest absolute Gasteiger partial charge is 0.280 e. The van der Waals surface area contributed by atoms with Gasteiger partial charge in [0.15, 0.2) is 5.82 Å². The van der Waals surface area contributed by atoms with E-state index in [4.69, 9.17) is 0 Å². The minimum Gasteiger partial charge on any atom is -0.267 e. The van der Waals surface area contributed by atoms with E-state index in [-0.39, 0.29) is 5.56 Å². The maximum absolute atomic E-state index is 12.7. The van der Waals surface area contributed by atoms with Crippen molar-refractivity contribution in [2.24, 2.45) is 0 Å². The molecule has 0 fully saturated rings. The summed E-state index contributed by atoms with van der Waals surface area (Å²) in [6, 6.07) is 17.7. The Kier molecular flexibility index (Phi) is 3.65. The predicted molar refractivity (Wildman–Crippen MR) is 100 cm³/mol. The van der Waals surface area contributed by atoms with Gasteiger partial charge < -0.3 is 0 Å². The van der Waals surface area contributed by atoms with Crippen molar-refractivity contribution in [1.82, 2.24) is 14.8 Å². The zero-order chi connectivity index (χ0) is 17.4. The first kappa shape index (κ1) is 15.3. The number of rotatable bonds is 2. The molecule has 0 radical (unpaired) electrons. The maximum atomic E-state index is 12.7. The van der Waals surface area contributed by atoms with Crippen molar-refractivity contribution < 1.29 is 0 Å². The quantitative estimate of drug-likeness (QED) is 0.558. The van der Waals surface area contributed by atoms with E-state index < -0.39 is 0 Å². The van der Waals surface area contributed by atoms with E-state index in [2.05, 4.69) is 42.1 Å². The van der Waals surface area contributed by atoms with Crippen LogP contribution in [-0.2, 0) is 0 Å². The van der Waals surface area contributed by atoms with Gasteiger partial charge in [-0.25, -0.2) is 4.98 Å². The molecule has 0 N–H and O–H groups in total. The number of hydrogen-bond acceptors (Lipinski definition) is 3. The summed E-state index contributed by atoms with van der Waals surface area (Å²) in [5.74, 6) is 0.521. The van der Waals surface area contributed by atoms with Gasteiger partial charge in [0, 0.05) is 11.6 Å². The third-order valence-corrected chi connectivity index (χ3v) is 4.35. The molecule has 2 aromatic carbocycles. The van der Waals surface area contributed by atoms with E-state index in [1.54, 1.807) is 18.5 Å². The summed E-state index contributed by atoms with van der Waals surface area (Å²) in [5.41, 5.74) is 4.54. The van der Waals surface area contributed by atoms with Gasteiger partial charge in [-0.15, -0.1) is 0 Å². The van der Waals surface area contributed by atoms with Gasteiger partial charge in [0.25, 0.3) is 5.56 Å². The van der Waals surface area contributed by atoms with E-state index in [1.807, 2.05) is 30.3 Å². The summed E-state index contributed by atoms with van der Waals surface area (Å²) >= 11 is 0. The standard InChI is InChI=1S/C21H17N3O/c1-14-6-8-18(15(2)11-14)16-7-9-19-17(12-16)13-23-24(21(19)25)20-5-3-4-10-22-20/h3-13H,1-2H3. The summed E-state index contributed by atoms with van der Waals surface area (Å²) in [7, 11) is 0. The third kappa shape index (κ3) is 2.72. The van der Waals surface area contributed by atoms with Crippen LogP contribution >= 0.6 is 0 Å². The van der Waals surface area contributed by atoms with E-state index in [9.17, 15) is 4.79 Å². The zero-order valence-electron chi connectivity index (χ0n) is 14.1. The average Bonchev–Trinajstić information content (AvgIpc) is 2.62. The summed E-state index contributed by atoms with van der Waals surface area (Å²) in [5, 5.41) is 5.75. The Balaban J connectivity index is 1.87. The maximum Gasteiger partial charge on any atom is 0.280 e. The van der Waals surface area contributed by atoms with Crippen LogP contribution in [-0.4, -0.2) is 14.8 Å². The number of aryl methyl sites for hydroxylation is 2. The lowest BCUT2D eigenvalue weighted by molar-refractivity contribution is 0.794. The van der Waals surface area contributed by atoms with Crippen molar-refractivity contribution in [2.75, 3.05) is 0 Å². The topological polar surface area (TPSA) is 47.8 Å². The van der Waals surface area contributed by atoms with Crippen LogP contribution in [0.2, 0.25) is 0 Å².